The third kappa shape index (κ3) is 4.10. The lowest BCUT2D eigenvalue weighted by Gasteiger charge is -2.46. The molecule has 1 saturated heterocycles. The summed E-state index contributed by atoms with van der Waals surface area (Å²) < 4.78 is 0. The molecule has 200 valence electrons. The van der Waals surface area contributed by atoms with E-state index in [0.717, 1.165) is 22.3 Å². The van der Waals surface area contributed by atoms with Gasteiger partial charge in [0.05, 0.1) is 17.0 Å². The van der Waals surface area contributed by atoms with Crippen LogP contribution in [0, 0.1) is 0 Å². The number of benzene rings is 2. The van der Waals surface area contributed by atoms with E-state index >= 15 is 0 Å². The minimum atomic E-state index is -0.666. The molecule has 8 nitrogen and oxygen atoms in total. The summed E-state index contributed by atoms with van der Waals surface area (Å²) >= 11 is 0. The Morgan fingerprint density at radius 1 is 1.03 bits per heavy atom. The molecular weight excluding hydrogens is 490 g/mol. The summed E-state index contributed by atoms with van der Waals surface area (Å²) in [6, 6.07) is 19.3. The summed E-state index contributed by atoms with van der Waals surface area (Å²) in [6.07, 6.45) is 4.15. The lowest BCUT2D eigenvalue weighted by Crippen LogP contribution is -2.65. The summed E-state index contributed by atoms with van der Waals surface area (Å²) in [5, 5.41) is 9.44. The minimum absolute atomic E-state index is 0.0301. The standard InChI is InChI=1S/C31H33N5O3/c1-3-31(4-2)29(39)36(25(18-33-31)20-9-6-5-7-10-20)19-26(37)34-23-13-12-21-16-30(17-22(21)15-23)24-11-8-14-32-27(24)35-28(30)38/h5-15,25,33H,3-4,16-19H2,1-2H3,(H,34,37)(H,32,35,38)/t25-,30+/m0/s1. The number of amides is 3. The van der Waals surface area contributed by atoms with Crippen LogP contribution in [0.25, 0.3) is 0 Å². The highest BCUT2D eigenvalue weighted by atomic mass is 16.2. The molecule has 0 saturated carbocycles. The Kier molecular flexibility index (Phi) is 6.22. The molecule has 0 radical (unpaired) electrons. The molecule has 0 bridgehead atoms. The maximum absolute atomic E-state index is 13.8. The van der Waals surface area contributed by atoms with Crippen LogP contribution in [0.2, 0.25) is 0 Å². The molecule has 1 aliphatic carbocycles. The van der Waals surface area contributed by atoms with Crippen molar-refractivity contribution in [1.29, 1.82) is 0 Å². The van der Waals surface area contributed by atoms with E-state index in [4.69, 9.17) is 0 Å². The SMILES string of the molecule is CCC1(CC)NC[C@@H](c2ccccc2)N(CC(=O)Nc2ccc3c(c2)C[C@@]2(C3)C(=O)Nc3ncccc32)C1=O. The number of rotatable bonds is 6. The summed E-state index contributed by atoms with van der Waals surface area (Å²) in [5.41, 5.74) is 3.40. The molecule has 0 unspecified atom stereocenters. The van der Waals surface area contributed by atoms with Gasteiger partial charge in [-0.25, -0.2) is 4.98 Å². The monoisotopic (exact) mass is 523 g/mol. The maximum Gasteiger partial charge on any atom is 0.244 e. The molecule has 1 spiro atoms. The molecule has 3 N–H and O–H groups in total. The Hall–Kier alpha value is -4.04. The zero-order valence-electron chi connectivity index (χ0n) is 22.3. The largest absolute Gasteiger partial charge is 0.325 e. The van der Waals surface area contributed by atoms with Crippen LogP contribution < -0.4 is 16.0 Å². The predicted octanol–water partition coefficient (Wildman–Crippen LogP) is 3.74. The smallest absolute Gasteiger partial charge is 0.244 e. The third-order valence-corrected chi connectivity index (χ3v) is 8.85. The van der Waals surface area contributed by atoms with Crippen molar-refractivity contribution in [2.75, 3.05) is 23.7 Å². The van der Waals surface area contributed by atoms with Crippen LogP contribution in [-0.2, 0) is 32.6 Å². The number of hydrogen-bond acceptors (Lipinski definition) is 5. The Morgan fingerprint density at radius 2 is 1.79 bits per heavy atom. The van der Waals surface area contributed by atoms with E-state index in [0.29, 0.717) is 43.7 Å². The number of carbonyl (C=O) groups is 3. The minimum Gasteiger partial charge on any atom is -0.325 e. The number of fused-ring (bicyclic) bond motifs is 3. The van der Waals surface area contributed by atoms with Crippen LogP contribution in [0.15, 0.2) is 66.9 Å². The average Bonchev–Trinajstić information content (AvgIpc) is 3.47. The van der Waals surface area contributed by atoms with Gasteiger partial charge in [-0.2, -0.15) is 0 Å². The Balaban J connectivity index is 1.22. The number of carbonyl (C=O) groups excluding carboxylic acids is 3. The predicted molar refractivity (Wildman–Crippen MR) is 149 cm³/mol. The number of nitrogens with one attached hydrogen (secondary N) is 3. The quantitative estimate of drug-likeness (QED) is 0.457. The van der Waals surface area contributed by atoms with Gasteiger partial charge in [-0.1, -0.05) is 56.3 Å². The summed E-state index contributed by atoms with van der Waals surface area (Å²) in [4.78, 5) is 46.2. The van der Waals surface area contributed by atoms with Gasteiger partial charge >= 0.3 is 0 Å². The van der Waals surface area contributed by atoms with Crippen molar-refractivity contribution in [2.24, 2.45) is 0 Å². The van der Waals surface area contributed by atoms with Crippen LogP contribution in [0.4, 0.5) is 11.5 Å². The first kappa shape index (κ1) is 25.2. The van der Waals surface area contributed by atoms with E-state index in [1.165, 1.54) is 0 Å². The van der Waals surface area contributed by atoms with Gasteiger partial charge in [0.1, 0.15) is 12.4 Å². The third-order valence-electron chi connectivity index (χ3n) is 8.85. The second-order valence-corrected chi connectivity index (χ2v) is 10.9. The van der Waals surface area contributed by atoms with Crippen molar-refractivity contribution in [1.82, 2.24) is 15.2 Å². The maximum atomic E-state index is 13.8. The number of anilines is 2. The van der Waals surface area contributed by atoms with Gasteiger partial charge in [0.15, 0.2) is 0 Å². The highest BCUT2D eigenvalue weighted by molar-refractivity contribution is 6.06. The number of nitrogens with zero attached hydrogens (tertiary/aromatic N) is 2. The number of hydrogen-bond donors (Lipinski definition) is 3. The number of pyridine rings is 1. The second kappa shape index (κ2) is 9.61. The fraction of sp³-hybridized carbons (Fsp3) is 0.355. The normalized spacial score (nSPS) is 22.9. The van der Waals surface area contributed by atoms with Crippen molar-refractivity contribution < 1.29 is 14.4 Å². The van der Waals surface area contributed by atoms with Crippen LogP contribution >= 0.6 is 0 Å². The van der Waals surface area contributed by atoms with E-state index in [1.54, 1.807) is 11.1 Å². The molecule has 3 aromatic rings. The van der Waals surface area contributed by atoms with E-state index in [1.807, 2.05) is 74.5 Å². The highest BCUT2D eigenvalue weighted by Gasteiger charge is 2.51. The van der Waals surface area contributed by atoms with Crippen molar-refractivity contribution in [3.63, 3.8) is 0 Å². The molecule has 3 heterocycles. The molecule has 39 heavy (non-hydrogen) atoms. The zero-order valence-corrected chi connectivity index (χ0v) is 22.3. The molecule has 2 atom stereocenters. The van der Waals surface area contributed by atoms with Gasteiger partial charge in [0.25, 0.3) is 0 Å². The van der Waals surface area contributed by atoms with Crippen LogP contribution in [0.1, 0.15) is 55.0 Å². The van der Waals surface area contributed by atoms with E-state index in [2.05, 4.69) is 20.9 Å². The zero-order chi connectivity index (χ0) is 27.2. The number of piperazine rings is 1. The van der Waals surface area contributed by atoms with Crippen LogP contribution in [0.5, 0.6) is 0 Å². The first-order chi connectivity index (χ1) is 18.9. The highest BCUT2D eigenvalue weighted by Crippen LogP contribution is 2.47. The van der Waals surface area contributed by atoms with Gasteiger partial charge in [-0.05, 0) is 60.6 Å². The van der Waals surface area contributed by atoms with Gasteiger partial charge < -0.3 is 20.9 Å². The molecule has 1 aromatic heterocycles. The van der Waals surface area contributed by atoms with Crippen molar-refractivity contribution >= 4 is 29.2 Å². The Labute approximate surface area is 228 Å². The molecular formula is C31H33N5O3. The molecule has 8 heteroatoms. The Bertz CT molecular complexity index is 1450. The van der Waals surface area contributed by atoms with Gasteiger partial charge in [-0.15, -0.1) is 0 Å². The van der Waals surface area contributed by atoms with E-state index in [9.17, 15) is 14.4 Å². The molecule has 3 aliphatic rings. The number of aromatic nitrogens is 1. The van der Waals surface area contributed by atoms with Gasteiger partial charge in [-0.3, -0.25) is 14.4 Å². The van der Waals surface area contributed by atoms with E-state index < -0.39 is 11.0 Å². The summed E-state index contributed by atoms with van der Waals surface area (Å²) in [6.45, 7) is 4.56. The van der Waals surface area contributed by atoms with Crippen molar-refractivity contribution in [2.45, 2.75) is 56.5 Å². The first-order valence-corrected chi connectivity index (χ1v) is 13.7. The topological polar surface area (TPSA) is 103 Å². The van der Waals surface area contributed by atoms with Crippen LogP contribution in [-0.4, -0.2) is 46.2 Å². The van der Waals surface area contributed by atoms with Crippen molar-refractivity contribution in [3.8, 4) is 0 Å². The lowest BCUT2D eigenvalue weighted by molar-refractivity contribution is -0.148. The first-order valence-electron chi connectivity index (χ1n) is 13.7. The molecule has 1 fully saturated rings. The fourth-order valence-electron chi connectivity index (χ4n) is 6.55. The molecule has 3 amide bonds. The lowest BCUT2D eigenvalue weighted by atomic mass is 9.79. The van der Waals surface area contributed by atoms with Gasteiger partial charge in [0, 0.05) is 24.0 Å². The fourth-order valence-corrected chi connectivity index (χ4v) is 6.55. The van der Waals surface area contributed by atoms with E-state index in [-0.39, 0.29) is 30.3 Å². The molecule has 2 aliphatic heterocycles. The second-order valence-electron chi connectivity index (χ2n) is 10.9. The Morgan fingerprint density at radius 3 is 2.56 bits per heavy atom. The molecule has 2 aromatic carbocycles. The summed E-state index contributed by atoms with van der Waals surface area (Å²) in [5.74, 6) is 0.316. The summed E-state index contributed by atoms with van der Waals surface area (Å²) in [7, 11) is 0. The molecule has 6 rings (SSSR count). The van der Waals surface area contributed by atoms with Crippen LogP contribution in [0.3, 0.4) is 0 Å². The average molecular weight is 524 g/mol. The van der Waals surface area contributed by atoms with Gasteiger partial charge in [0.2, 0.25) is 17.7 Å². The van der Waals surface area contributed by atoms with Crippen molar-refractivity contribution in [3.05, 3.63) is 89.1 Å².